The molecule has 0 aromatic heterocycles. The molecule has 0 spiro atoms. The molecule has 1 saturated heterocycles. The third-order valence-electron chi connectivity index (χ3n) is 5.78. The normalized spacial score (nSPS) is 16.2. The number of amides is 2. The van der Waals surface area contributed by atoms with E-state index in [9.17, 15) is 14.4 Å². The highest BCUT2D eigenvalue weighted by Crippen LogP contribution is 2.33. The predicted octanol–water partition coefficient (Wildman–Crippen LogP) is 4.65. The van der Waals surface area contributed by atoms with Crippen LogP contribution in [0.25, 0.3) is 0 Å². The minimum atomic E-state index is -0.688. The van der Waals surface area contributed by atoms with Gasteiger partial charge in [0.1, 0.15) is 5.25 Å². The Kier molecular flexibility index (Phi) is 8.65. The Labute approximate surface area is 224 Å². The van der Waals surface area contributed by atoms with Crippen LogP contribution in [0, 0.1) is 0 Å². The Morgan fingerprint density at radius 3 is 2.34 bits per heavy atom. The lowest BCUT2D eigenvalue weighted by molar-refractivity contribution is -0.129. The second-order valence-corrected chi connectivity index (χ2v) is 9.44. The molecule has 1 heterocycles. The van der Waals surface area contributed by atoms with E-state index in [1.165, 1.54) is 18.9 Å². The van der Waals surface area contributed by atoms with Crippen molar-refractivity contribution in [3.05, 3.63) is 83.9 Å². The predicted molar refractivity (Wildman–Crippen MR) is 146 cm³/mol. The minimum absolute atomic E-state index is 0.00214. The molecule has 10 heteroatoms. The van der Waals surface area contributed by atoms with E-state index < -0.39 is 11.2 Å². The molecule has 0 saturated carbocycles. The van der Waals surface area contributed by atoms with Gasteiger partial charge >= 0.3 is 5.97 Å². The van der Waals surface area contributed by atoms with E-state index in [0.717, 1.165) is 5.56 Å². The number of methoxy groups -OCH3 is 3. The van der Waals surface area contributed by atoms with Gasteiger partial charge in [-0.25, -0.2) is 9.79 Å². The Morgan fingerprint density at radius 1 is 0.974 bits per heavy atom. The SMILES string of the molecule is COC(=O)c1ccc(NC(=O)C2CC(=O)N(Cc3ccc(OC)c(OC)c3)C(=Nc3ccccc3)S2)cc1. The summed E-state index contributed by atoms with van der Waals surface area (Å²) in [5.41, 5.74) is 2.37. The molecule has 9 nitrogen and oxygen atoms in total. The Balaban J connectivity index is 1.56. The van der Waals surface area contributed by atoms with Gasteiger partial charge in [0.15, 0.2) is 16.7 Å². The summed E-state index contributed by atoms with van der Waals surface area (Å²) in [7, 11) is 4.42. The fraction of sp³-hybridized carbons (Fsp3) is 0.214. The number of amidine groups is 1. The molecule has 196 valence electrons. The average molecular weight is 534 g/mol. The van der Waals surface area contributed by atoms with Crippen LogP contribution in [0.4, 0.5) is 11.4 Å². The zero-order chi connectivity index (χ0) is 27.1. The van der Waals surface area contributed by atoms with E-state index in [2.05, 4.69) is 5.32 Å². The zero-order valence-corrected chi connectivity index (χ0v) is 22.0. The van der Waals surface area contributed by atoms with Crippen LogP contribution in [-0.2, 0) is 20.9 Å². The number of para-hydroxylation sites is 1. The van der Waals surface area contributed by atoms with E-state index in [4.69, 9.17) is 19.2 Å². The average Bonchev–Trinajstić information content (AvgIpc) is 2.95. The summed E-state index contributed by atoms with van der Waals surface area (Å²) >= 11 is 1.23. The summed E-state index contributed by atoms with van der Waals surface area (Å²) in [6.45, 7) is 0.251. The zero-order valence-electron chi connectivity index (χ0n) is 21.2. The number of carbonyl (C=O) groups excluding carboxylic acids is 3. The molecule has 2 amide bonds. The van der Waals surface area contributed by atoms with E-state index in [1.807, 2.05) is 42.5 Å². The highest BCUT2D eigenvalue weighted by atomic mass is 32.2. The van der Waals surface area contributed by atoms with Gasteiger partial charge in [0, 0.05) is 12.1 Å². The number of aliphatic imine (C=N–C) groups is 1. The number of thioether (sulfide) groups is 1. The van der Waals surface area contributed by atoms with Crippen LogP contribution >= 0.6 is 11.8 Å². The number of hydrogen-bond donors (Lipinski definition) is 1. The lowest BCUT2D eigenvalue weighted by atomic mass is 10.1. The quantitative estimate of drug-likeness (QED) is 0.420. The monoisotopic (exact) mass is 533 g/mol. The van der Waals surface area contributed by atoms with Gasteiger partial charge in [0.2, 0.25) is 11.8 Å². The van der Waals surface area contributed by atoms with Gasteiger partial charge in [0.05, 0.1) is 39.1 Å². The van der Waals surface area contributed by atoms with E-state index in [0.29, 0.717) is 33.6 Å². The maximum atomic E-state index is 13.3. The number of nitrogens with zero attached hydrogens (tertiary/aromatic N) is 2. The number of nitrogens with one attached hydrogen (secondary N) is 1. The summed E-state index contributed by atoms with van der Waals surface area (Å²) in [6.07, 6.45) is -0.00214. The van der Waals surface area contributed by atoms with Gasteiger partial charge < -0.3 is 19.5 Å². The Bertz CT molecular complexity index is 1340. The molecule has 3 aromatic rings. The third kappa shape index (κ3) is 6.33. The van der Waals surface area contributed by atoms with Crippen molar-refractivity contribution in [2.75, 3.05) is 26.6 Å². The molecular formula is C28H27N3O6S. The second kappa shape index (κ2) is 12.3. The summed E-state index contributed by atoms with van der Waals surface area (Å²) in [4.78, 5) is 44.4. The lowest BCUT2D eigenvalue weighted by Gasteiger charge is -2.32. The van der Waals surface area contributed by atoms with Crippen LogP contribution in [0.2, 0.25) is 0 Å². The summed E-state index contributed by atoms with van der Waals surface area (Å²) in [5, 5.41) is 2.56. The molecule has 4 rings (SSSR count). The standard InChI is InChI=1S/C28H27N3O6S/c1-35-22-14-9-18(15-23(22)36-2)17-31-25(32)16-24(38-28(31)30-20-7-5-4-6-8-20)26(33)29-21-12-10-19(11-13-21)27(34)37-3/h4-15,24H,16-17H2,1-3H3,(H,29,33). The smallest absolute Gasteiger partial charge is 0.337 e. The fourth-order valence-electron chi connectivity index (χ4n) is 3.80. The molecular weight excluding hydrogens is 506 g/mol. The van der Waals surface area contributed by atoms with Crippen molar-refractivity contribution >= 4 is 46.1 Å². The summed E-state index contributed by atoms with van der Waals surface area (Å²) in [6, 6.07) is 21.1. The van der Waals surface area contributed by atoms with Crippen LogP contribution in [0.5, 0.6) is 11.5 Å². The first kappa shape index (κ1) is 26.7. The van der Waals surface area contributed by atoms with Gasteiger partial charge in [0.25, 0.3) is 0 Å². The van der Waals surface area contributed by atoms with E-state index >= 15 is 0 Å². The van der Waals surface area contributed by atoms with Crippen molar-refractivity contribution < 1.29 is 28.6 Å². The molecule has 1 atom stereocenters. The highest BCUT2D eigenvalue weighted by Gasteiger charge is 2.36. The van der Waals surface area contributed by atoms with Gasteiger partial charge in [-0.1, -0.05) is 36.0 Å². The molecule has 0 bridgehead atoms. The molecule has 38 heavy (non-hydrogen) atoms. The van der Waals surface area contributed by atoms with Gasteiger partial charge in [-0.3, -0.25) is 14.5 Å². The molecule has 0 radical (unpaired) electrons. The highest BCUT2D eigenvalue weighted by molar-refractivity contribution is 8.15. The summed E-state index contributed by atoms with van der Waals surface area (Å²) < 4.78 is 15.4. The number of benzene rings is 3. The largest absolute Gasteiger partial charge is 0.493 e. The number of rotatable bonds is 8. The Morgan fingerprint density at radius 2 is 1.68 bits per heavy atom. The number of hydrogen-bond acceptors (Lipinski definition) is 8. The van der Waals surface area contributed by atoms with Crippen LogP contribution in [-0.4, -0.2) is 54.4 Å². The van der Waals surface area contributed by atoms with Gasteiger partial charge in [-0.15, -0.1) is 0 Å². The van der Waals surface area contributed by atoms with Crippen molar-refractivity contribution in [3.8, 4) is 11.5 Å². The van der Waals surface area contributed by atoms with Crippen molar-refractivity contribution in [2.45, 2.75) is 18.2 Å². The van der Waals surface area contributed by atoms with Crippen LogP contribution in [0.15, 0.2) is 77.8 Å². The van der Waals surface area contributed by atoms with Crippen molar-refractivity contribution in [2.24, 2.45) is 4.99 Å². The fourth-order valence-corrected chi connectivity index (χ4v) is 4.90. The molecule has 0 aliphatic carbocycles. The summed E-state index contributed by atoms with van der Waals surface area (Å²) in [5.74, 6) is 0.118. The maximum Gasteiger partial charge on any atom is 0.337 e. The van der Waals surface area contributed by atoms with E-state index in [1.54, 1.807) is 49.5 Å². The first-order valence-electron chi connectivity index (χ1n) is 11.7. The van der Waals surface area contributed by atoms with Crippen LogP contribution < -0.4 is 14.8 Å². The van der Waals surface area contributed by atoms with E-state index in [-0.39, 0.29) is 24.8 Å². The first-order valence-corrected chi connectivity index (χ1v) is 12.6. The molecule has 3 aromatic carbocycles. The molecule has 1 fully saturated rings. The van der Waals surface area contributed by atoms with Gasteiger partial charge in [-0.05, 0) is 54.1 Å². The first-order chi connectivity index (χ1) is 18.4. The molecule has 1 unspecified atom stereocenters. The number of esters is 1. The number of anilines is 1. The number of ether oxygens (including phenoxy) is 3. The van der Waals surface area contributed by atoms with Crippen LogP contribution in [0.3, 0.4) is 0 Å². The van der Waals surface area contributed by atoms with Crippen molar-refractivity contribution in [1.29, 1.82) is 0 Å². The van der Waals surface area contributed by atoms with Crippen LogP contribution in [0.1, 0.15) is 22.3 Å². The topological polar surface area (TPSA) is 107 Å². The molecule has 1 aliphatic rings. The Hall–Kier alpha value is -4.31. The van der Waals surface area contributed by atoms with Gasteiger partial charge in [-0.2, -0.15) is 0 Å². The second-order valence-electron chi connectivity index (χ2n) is 8.27. The lowest BCUT2D eigenvalue weighted by Crippen LogP contribution is -2.44. The molecule has 1 N–H and O–H groups in total. The maximum absolute atomic E-state index is 13.3. The minimum Gasteiger partial charge on any atom is -0.493 e. The third-order valence-corrected chi connectivity index (χ3v) is 6.96. The van der Waals surface area contributed by atoms with Crippen molar-refractivity contribution in [1.82, 2.24) is 4.90 Å². The molecule has 1 aliphatic heterocycles. The number of carbonyl (C=O) groups is 3. The van der Waals surface area contributed by atoms with Crippen molar-refractivity contribution in [3.63, 3.8) is 0 Å².